The van der Waals surface area contributed by atoms with E-state index in [9.17, 15) is 0 Å². The Labute approximate surface area is 98.8 Å². The molecule has 3 saturated heterocycles. The second kappa shape index (κ2) is 4.28. The van der Waals surface area contributed by atoms with E-state index in [1.165, 1.54) is 45.2 Å². The lowest BCUT2D eigenvalue weighted by Crippen LogP contribution is -2.55. The zero-order chi connectivity index (χ0) is 11.1. The summed E-state index contributed by atoms with van der Waals surface area (Å²) in [6.07, 6.45) is 6.70. The molecule has 0 radical (unpaired) electrons. The van der Waals surface area contributed by atoms with E-state index in [0.29, 0.717) is 6.04 Å². The third-order valence-corrected chi connectivity index (χ3v) is 5.31. The van der Waals surface area contributed by atoms with E-state index in [1.807, 2.05) is 0 Å². The van der Waals surface area contributed by atoms with Gasteiger partial charge in [0.05, 0.1) is 0 Å². The smallest absolute Gasteiger partial charge is 0.0141 e. The Morgan fingerprint density at radius 2 is 1.88 bits per heavy atom. The van der Waals surface area contributed by atoms with Crippen LogP contribution in [0.5, 0.6) is 0 Å². The number of fused-ring (bicyclic) bond motifs is 2. The Bertz CT molecular complexity index is 250. The summed E-state index contributed by atoms with van der Waals surface area (Å²) in [5.74, 6) is 1.65. The van der Waals surface area contributed by atoms with Crippen molar-refractivity contribution in [3.8, 4) is 0 Å². The van der Waals surface area contributed by atoms with Crippen LogP contribution in [0.15, 0.2) is 0 Å². The molecule has 0 aromatic heterocycles. The van der Waals surface area contributed by atoms with Crippen molar-refractivity contribution < 1.29 is 0 Å². The van der Waals surface area contributed by atoms with Gasteiger partial charge in [-0.1, -0.05) is 0 Å². The minimum Gasteiger partial charge on any atom is -0.327 e. The van der Waals surface area contributed by atoms with E-state index in [1.54, 1.807) is 0 Å². The van der Waals surface area contributed by atoms with Crippen molar-refractivity contribution in [1.29, 1.82) is 0 Å². The largest absolute Gasteiger partial charge is 0.327 e. The van der Waals surface area contributed by atoms with Crippen LogP contribution in [-0.2, 0) is 0 Å². The molecule has 0 aromatic carbocycles. The minimum atomic E-state index is 0.469. The van der Waals surface area contributed by atoms with Crippen LogP contribution in [0.3, 0.4) is 0 Å². The van der Waals surface area contributed by atoms with Crippen LogP contribution >= 0.6 is 0 Å². The number of nitrogens with zero attached hydrogens (tertiary/aromatic N) is 1. The SMILES string of the molecule is CN1C2CCC1C(C1CCNCC1)C(N)C2. The van der Waals surface area contributed by atoms with E-state index in [-0.39, 0.29) is 0 Å². The highest BCUT2D eigenvalue weighted by Gasteiger charge is 2.46. The lowest BCUT2D eigenvalue weighted by atomic mass is 9.73. The maximum atomic E-state index is 6.45. The molecule has 0 amide bonds. The van der Waals surface area contributed by atoms with E-state index in [0.717, 1.165) is 23.9 Å². The Morgan fingerprint density at radius 1 is 1.12 bits per heavy atom. The van der Waals surface area contributed by atoms with E-state index < -0.39 is 0 Å². The van der Waals surface area contributed by atoms with Gasteiger partial charge in [0.25, 0.3) is 0 Å². The molecule has 4 unspecified atom stereocenters. The highest BCUT2D eigenvalue weighted by molar-refractivity contribution is 5.02. The molecule has 3 N–H and O–H groups in total. The molecule has 0 saturated carbocycles. The van der Waals surface area contributed by atoms with Gasteiger partial charge in [0.2, 0.25) is 0 Å². The van der Waals surface area contributed by atoms with Crippen molar-refractivity contribution in [2.75, 3.05) is 20.1 Å². The number of nitrogens with one attached hydrogen (secondary N) is 1. The van der Waals surface area contributed by atoms with Gasteiger partial charge in [0.15, 0.2) is 0 Å². The summed E-state index contributed by atoms with van der Waals surface area (Å²) in [5.41, 5.74) is 6.45. The van der Waals surface area contributed by atoms with Crippen molar-refractivity contribution in [3.05, 3.63) is 0 Å². The highest BCUT2D eigenvalue weighted by Crippen LogP contribution is 2.42. The van der Waals surface area contributed by atoms with Gasteiger partial charge in [-0.3, -0.25) is 0 Å². The van der Waals surface area contributed by atoms with Gasteiger partial charge < -0.3 is 16.0 Å². The maximum absolute atomic E-state index is 6.45. The summed E-state index contributed by atoms with van der Waals surface area (Å²) in [5, 5.41) is 3.47. The topological polar surface area (TPSA) is 41.3 Å². The first-order valence-corrected chi connectivity index (χ1v) is 6.95. The number of hydrogen-bond acceptors (Lipinski definition) is 3. The Balaban J connectivity index is 1.76. The first-order valence-electron chi connectivity index (χ1n) is 6.95. The molecule has 92 valence electrons. The summed E-state index contributed by atoms with van der Waals surface area (Å²) < 4.78 is 0. The van der Waals surface area contributed by atoms with Crippen molar-refractivity contribution >= 4 is 0 Å². The van der Waals surface area contributed by atoms with Gasteiger partial charge in [-0.15, -0.1) is 0 Å². The quantitative estimate of drug-likeness (QED) is 0.691. The highest BCUT2D eigenvalue weighted by atomic mass is 15.2. The average molecular weight is 223 g/mol. The second-order valence-corrected chi connectivity index (χ2v) is 6.03. The number of hydrogen-bond donors (Lipinski definition) is 2. The fourth-order valence-electron chi connectivity index (χ4n) is 4.44. The predicted octanol–water partition coefficient (Wildman–Crippen LogP) is 0.796. The number of piperidine rings is 2. The second-order valence-electron chi connectivity index (χ2n) is 6.03. The lowest BCUT2D eigenvalue weighted by Gasteiger charge is -2.46. The normalized spacial score (nSPS) is 46.1. The van der Waals surface area contributed by atoms with E-state index in [2.05, 4.69) is 17.3 Å². The first kappa shape index (κ1) is 11.0. The summed E-state index contributed by atoms with van der Waals surface area (Å²) in [4.78, 5) is 2.63. The van der Waals surface area contributed by atoms with Crippen LogP contribution in [0.1, 0.15) is 32.1 Å². The molecule has 3 heterocycles. The van der Waals surface area contributed by atoms with Crippen molar-refractivity contribution in [2.45, 2.75) is 50.2 Å². The predicted molar refractivity (Wildman–Crippen MR) is 66.2 cm³/mol. The van der Waals surface area contributed by atoms with Crippen molar-refractivity contribution in [1.82, 2.24) is 10.2 Å². The standard InChI is InChI=1S/C13H25N3/c1-16-10-2-3-12(16)13(11(14)8-10)9-4-6-15-7-5-9/h9-13,15H,2-8,14H2,1H3. The molecule has 3 fully saturated rings. The third kappa shape index (κ3) is 1.69. The third-order valence-electron chi connectivity index (χ3n) is 5.31. The molecule has 3 heteroatoms. The molecule has 3 nitrogen and oxygen atoms in total. The molecule has 3 aliphatic rings. The zero-order valence-electron chi connectivity index (χ0n) is 10.4. The summed E-state index contributed by atoms with van der Waals surface area (Å²) in [6.45, 7) is 2.40. The van der Waals surface area contributed by atoms with Crippen LogP contribution in [-0.4, -0.2) is 43.2 Å². The summed E-state index contributed by atoms with van der Waals surface area (Å²) in [6, 6.07) is 2.05. The molecule has 4 atom stereocenters. The molecule has 0 aromatic rings. The van der Waals surface area contributed by atoms with Crippen LogP contribution in [0.4, 0.5) is 0 Å². The maximum Gasteiger partial charge on any atom is 0.0141 e. The Kier molecular flexibility index (Phi) is 2.94. The minimum absolute atomic E-state index is 0.469. The van der Waals surface area contributed by atoms with Crippen molar-refractivity contribution in [2.24, 2.45) is 17.6 Å². The van der Waals surface area contributed by atoms with Gasteiger partial charge in [0.1, 0.15) is 0 Å². The van der Waals surface area contributed by atoms with E-state index in [4.69, 9.17) is 5.73 Å². The molecule has 3 rings (SSSR count). The lowest BCUT2D eigenvalue weighted by molar-refractivity contribution is 0.0542. The van der Waals surface area contributed by atoms with Gasteiger partial charge in [-0.25, -0.2) is 0 Å². The fourth-order valence-corrected chi connectivity index (χ4v) is 4.44. The van der Waals surface area contributed by atoms with Gasteiger partial charge in [0, 0.05) is 18.1 Å². The molecule has 3 aliphatic heterocycles. The van der Waals surface area contributed by atoms with Crippen molar-refractivity contribution in [3.63, 3.8) is 0 Å². The summed E-state index contributed by atoms with van der Waals surface area (Å²) in [7, 11) is 2.32. The van der Waals surface area contributed by atoms with E-state index >= 15 is 0 Å². The van der Waals surface area contributed by atoms with Crippen LogP contribution in [0.2, 0.25) is 0 Å². The van der Waals surface area contributed by atoms with Gasteiger partial charge >= 0.3 is 0 Å². The van der Waals surface area contributed by atoms with Gasteiger partial charge in [-0.2, -0.15) is 0 Å². The monoisotopic (exact) mass is 223 g/mol. The zero-order valence-corrected chi connectivity index (χ0v) is 10.4. The fraction of sp³-hybridized carbons (Fsp3) is 1.00. The van der Waals surface area contributed by atoms with Crippen LogP contribution in [0, 0.1) is 11.8 Å². The van der Waals surface area contributed by atoms with Crippen LogP contribution in [0.25, 0.3) is 0 Å². The summed E-state index contributed by atoms with van der Waals surface area (Å²) >= 11 is 0. The number of rotatable bonds is 1. The number of nitrogens with two attached hydrogens (primary N) is 1. The average Bonchev–Trinajstić information content (AvgIpc) is 2.56. The van der Waals surface area contributed by atoms with Gasteiger partial charge in [-0.05, 0) is 64.1 Å². The first-order chi connectivity index (χ1) is 7.77. The Hall–Kier alpha value is -0.120. The van der Waals surface area contributed by atoms with Crippen LogP contribution < -0.4 is 11.1 Å². The molecule has 2 bridgehead atoms. The molecule has 0 aliphatic carbocycles. The molecular formula is C13H25N3. The molecule has 16 heavy (non-hydrogen) atoms. The molecule has 0 spiro atoms. The Morgan fingerprint density at radius 3 is 2.62 bits per heavy atom. The molecular weight excluding hydrogens is 198 g/mol.